The number of hydrogen-bond acceptors (Lipinski definition) is 2. The number of nitrogens with one attached hydrogen (secondary N) is 1. The first kappa shape index (κ1) is 13.3. The topological polar surface area (TPSA) is 41.5 Å². The molecule has 1 aromatic rings. The highest BCUT2D eigenvalue weighted by atomic mass is 16.1. The van der Waals surface area contributed by atoms with Crippen molar-refractivity contribution in [2.24, 2.45) is 4.99 Å². The molecule has 3 nitrogen and oxygen atoms in total. The van der Waals surface area contributed by atoms with E-state index in [-0.39, 0.29) is 11.2 Å². The number of fused-ring (bicyclic) bond motifs is 2. The zero-order valence-corrected chi connectivity index (χ0v) is 12.3. The number of Topliss-reactive ketones (excluding diaryl/α,β-unsaturated/α-hetero) is 1. The smallest absolute Gasteiger partial charge is 0.159 e. The molecule has 0 aromatic heterocycles. The molecule has 0 radical (unpaired) electrons. The van der Waals surface area contributed by atoms with E-state index in [1.165, 1.54) is 24.8 Å². The number of rotatable bonds is 2. The molecule has 1 aromatic carbocycles. The average molecular weight is 270 g/mol. The number of amidine groups is 1. The van der Waals surface area contributed by atoms with Crippen molar-refractivity contribution in [1.29, 1.82) is 0 Å². The molecule has 0 saturated heterocycles. The maximum absolute atomic E-state index is 11.7. The Morgan fingerprint density at radius 3 is 2.70 bits per heavy atom. The lowest BCUT2D eigenvalue weighted by atomic mass is 9.69. The van der Waals surface area contributed by atoms with E-state index in [0.717, 1.165) is 36.5 Å². The van der Waals surface area contributed by atoms with Crippen LogP contribution < -0.4 is 5.32 Å². The Labute approximate surface area is 120 Å². The van der Waals surface area contributed by atoms with Gasteiger partial charge >= 0.3 is 0 Å². The summed E-state index contributed by atoms with van der Waals surface area (Å²) in [7, 11) is 0. The molecule has 20 heavy (non-hydrogen) atoms. The lowest BCUT2D eigenvalue weighted by molar-refractivity contribution is 0.101. The zero-order chi connectivity index (χ0) is 14.2. The Morgan fingerprint density at radius 2 is 2.05 bits per heavy atom. The van der Waals surface area contributed by atoms with Gasteiger partial charge in [0, 0.05) is 17.8 Å². The average Bonchev–Trinajstić information content (AvgIpc) is 2.74. The van der Waals surface area contributed by atoms with E-state index in [2.05, 4.69) is 18.3 Å². The van der Waals surface area contributed by atoms with Crippen LogP contribution in [0.15, 0.2) is 23.2 Å². The van der Waals surface area contributed by atoms with Gasteiger partial charge in [0.15, 0.2) is 5.78 Å². The predicted molar refractivity (Wildman–Crippen MR) is 82.8 cm³/mol. The standard InChI is InChI=1S/C17H22N2O/c1-3-18-16-17(9-5-4-6-10-17)14-11-13(12(2)20)7-8-15(14)19-16/h7-8,11H,3-6,9-10H2,1-2H3,(H,18,19). The summed E-state index contributed by atoms with van der Waals surface area (Å²) in [6.07, 6.45) is 6.09. The number of anilines is 1. The molecule has 1 fully saturated rings. The Kier molecular flexibility index (Phi) is 3.36. The first-order valence-electron chi connectivity index (χ1n) is 7.65. The summed E-state index contributed by atoms with van der Waals surface area (Å²) >= 11 is 0. The lowest BCUT2D eigenvalue weighted by Crippen LogP contribution is -2.36. The lowest BCUT2D eigenvalue weighted by Gasteiger charge is -2.34. The van der Waals surface area contributed by atoms with Gasteiger partial charge in [-0.05, 0) is 50.5 Å². The van der Waals surface area contributed by atoms with Crippen LogP contribution in [0.2, 0.25) is 0 Å². The minimum atomic E-state index is 0.0368. The molecule has 1 spiro atoms. The molecule has 1 N–H and O–H groups in total. The summed E-state index contributed by atoms with van der Waals surface area (Å²) in [5, 5.41) is 3.50. The van der Waals surface area contributed by atoms with Crippen LogP contribution in [0.25, 0.3) is 0 Å². The molecule has 0 atom stereocenters. The summed E-state index contributed by atoms with van der Waals surface area (Å²) in [6, 6.07) is 6.05. The molecule has 0 bridgehead atoms. The van der Waals surface area contributed by atoms with E-state index in [0.29, 0.717) is 0 Å². The van der Waals surface area contributed by atoms with Gasteiger partial charge in [0.1, 0.15) is 5.84 Å². The Hall–Kier alpha value is -1.64. The number of aliphatic imine (C=N–C) groups is 1. The summed E-state index contributed by atoms with van der Waals surface area (Å²) in [5.41, 5.74) is 3.28. The van der Waals surface area contributed by atoms with Crippen LogP contribution in [0.5, 0.6) is 0 Å². The molecule has 106 valence electrons. The second-order valence-corrected chi connectivity index (χ2v) is 5.91. The van der Waals surface area contributed by atoms with Crippen molar-refractivity contribution >= 4 is 17.3 Å². The fourth-order valence-electron chi connectivity index (χ4n) is 3.65. The molecule has 3 rings (SSSR count). The molecular formula is C17H22N2O. The van der Waals surface area contributed by atoms with Crippen LogP contribution in [0.4, 0.5) is 5.69 Å². The van der Waals surface area contributed by atoms with Gasteiger partial charge in [-0.1, -0.05) is 19.3 Å². The second kappa shape index (κ2) is 5.04. The number of benzene rings is 1. The van der Waals surface area contributed by atoms with E-state index in [1.54, 1.807) is 6.92 Å². The zero-order valence-electron chi connectivity index (χ0n) is 12.3. The minimum Gasteiger partial charge on any atom is -0.343 e. The highest BCUT2D eigenvalue weighted by molar-refractivity contribution is 6.10. The third kappa shape index (κ3) is 1.96. The van der Waals surface area contributed by atoms with Crippen molar-refractivity contribution in [2.75, 3.05) is 11.9 Å². The number of nitrogens with zero attached hydrogens (tertiary/aromatic N) is 1. The first-order valence-corrected chi connectivity index (χ1v) is 7.65. The van der Waals surface area contributed by atoms with E-state index < -0.39 is 0 Å². The van der Waals surface area contributed by atoms with Crippen molar-refractivity contribution in [3.05, 3.63) is 29.3 Å². The van der Waals surface area contributed by atoms with Crippen molar-refractivity contribution in [3.63, 3.8) is 0 Å². The third-order valence-corrected chi connectivity index (χ3v) is 4.67. The summed E-state index contributed by atoms with van der Waals surface area (Å²) in [5.74, 6) is 1.26. The Bertz CT molecular complexity index is 568. The summed E-state index contributed by atoms with van der Waals surface area (Å²) in [4.78, 5) is 16.4. The third-order valence-electron chi connectivity index (χ3n) is 4.67. The Balaban J connectivity index is 2.12. The minimum absolute atomic E-state index is 0.0368. The van der Waals surface area contributed by atoms with Crippen molar-refractivity contribution in [2.45, 2.75) is 51.4 Å². The van der Waals surface area contributed by atoms with Gasteiger partial charge < -0.3 is 5.32 Å². The van der Waals surface area contributed by atoms with Crippen LogP contribution in [-0.2, 0) is 5.41 Å². The number of carbonyl (C=O) groups excluding carboxylic acids is 1. The van der Waals surface area contributed by atoms with Crippen LogP contribution in [0.3, 0.4) is 0 Å². The van der Waals surface area contributed by atoms with Crippen LogP contribution >= 0.6 is 0 Å². The van der Waals surface area contributed by atoms with Crippen LogP contribution in [0.1, 0.15) is 61.9 Å². The van der Waals surface area contributed by atoms with E-state index >= 15 is 0 Å². The molecular weight excluding hydrogens is 248 g/mol. The van der Waals surface area contributed by atoms with Crippen molar-refractivity contribution in [3.8, 4) is 0 Å². The molecule has 1 heterocycles. The maximum atomic E-state index is 11.7. The number of carbonyl (C=O) groups is 1. The highest BCUT2D eigenvalue weighted by Gasteiger charge is 2.45. The van der Waals surface area contributed by atoms with Crippen LogP contribution in [0, 0.1) is 0 Å². The quantitative estimate of drug-likeness (QED) is 0.827. The van der Waals surface area contributed by atoms with Gasteiger partial charge in [-0.15, -0.1) is 0 Å². The van der Waals surface area contributed by atoms with Crippen LogP contribution in [-0.4, -0.2) is 18.2 Å². The molecule has 1 aliphatic carbocycles. The van der Waals surface area contributed by atoms with Gasteiger partial charge in [-0.3, -0.25) is 9.79 Å². The van der Waals surface area contributed by atoms with Gasteiger partial charge in [0.05, 0.1) is 5.41 Å². The largest absolute Gasteiger partial charge is 0.343 e. The van der Waals surface area contributed by atoms with Crippen molar-refractivity contribution < 1.29 is 4.79 Å². The predicted octanol–water partition coefficient (Wildman–Crippen LogP) is 3.94. The molecule has 2 aliphatic rings. The van der Waals surface area contributed by atoms with Gasteiger partial charge in [-0.25, -0.2) is 0 Å². The Morgan fingerprint density at radius 1 is 1.30 bits per heavy atom. The fourth-order valence-corrected chi connectivity index (χ4v) is 3.65. The van der Waals surface area contributed by atoms with E-state index in [4.69, 9.17) is 4.99 Å². The van der Waals surface area contributed by atoms with Gasteiger partial charge in [-0.2, -0.15) is 0 Å². The molecule has 1 aliphatic heterocycles. The first-order chi connectivity index (χ1) is 9.67. The normalized spacial score (nSPS) is 21.8. The SMILES string of the molecule is CCN=C1Nc2ccc(C(C)=O)cc2C12CCCCC2. The molecule has 0 amide bonds. The molecule has 1 saturated carbocycles. The monoisotopic (exact) mass is 270 g/mol. The number of hydrogen-bond donors (Lipinski definition) is 1. The second-order valence-electron chi connectivity index (χ2n) is 5.91. The molecule has 0 unspecified atom stereocenters. The van der Waals surface area contributed by atoms with Crippen molar-refractivity contribution in [1.82, 2.24) is 0 Å². The highest BCUT2D eigenvalue weighted by Crippen LogP contribution is 2.48. The fraction of sp³-hybridized carbons (Fsp3) is 0.529. The summed E-state index contributed by atoms with van der Waals surface area (Å²) < 4.78 is 0. The van der Waals surface area contributed by atoms with Gasteiger partial charge in [0.2, 0.25) is 0 Å². The molecule has 3 heteroatoms. The maximum Gasteiger partial charge on any atom is 0.159 e. The summed E-state index contributed by atoms with van der Waals surface area (Å²) in [6.45, 7) is 4.52. The van der Waals surface area contributed by atoms with E-state index in [9.17, 15) is 4.79 Å². The van der Waals surface area contributed by atoms with Gasteiger partial charge in [0.25, 0.3) is 0 Å². The van der Waals surface area contributed by atoms with E-state index in [1.807, 2.05) is 12.1 Å². The number of ketones is 1.